The Hall–Kier alpha value is -1.05. The van der Waals surface area contributed by atoms with Crippen LogP contribution < -0.4 is 4.90 Å². The highest BCUT2D eigenvalue weighted by atomic mass is 79.9. The fourth-order valence-corrected chi connectivity index (χ4v) is 3.63. The molecule has 2 aromatic rings. The predicted molar refractivity (Wildman–Crippen MR) is 70.3 cm³/mol. The van der Waals surface area contributed by atoms with E-state index in [1.807, 2.05) is 0 Å². The quantitative estimate of drug-likeness (QED) is 0.872. The minimum absolute atomic E-state index is 0.117. The summed E-state index contributed by atoms with van der Waals surface area (Å²) >= 11 is 4.49. The number of hydrogen-bond donors (Lipinski definition) is 1. The minimum atomic E-state index is -0.648. The van der Waals surface area contributed by atoms with Gasteiger partial charge in [0.15, 0.2) is 5.13 Å². The number of rotatable bonds is 1. The summed E-state index contributed by atoms with van der Waals surface area (Å²) < 4.78 is 14.5. The molecule has 18 heavy (non-hydrogen) atoms. The molecule has 1 saturated heterocycles. The molecule has 0 spiro atoms. The van der Waals surface area contributed by atoms with Crippen LogP contribution in [0.25, 0.3) is 10.2 Å². The second-order valence-electron chi connectivity index (χ2n) is 4.09. The Morgan fingerprint density at radius 1 is 1.56 bits per heavy atom. The number of nitrogens with zero attached hydrogens (tertiary/aromatic N) is 2. The van der Waals surface area contributed by atoms with E-state index in [0.29, 0.717) is 19.8 Å². The molecule has 0 radical (unpaired) electrons. The maximum Gasteiger partial charge on any atom is 0.231 e. The summed E-state index contributed by atoms with van der Waals surface area (Å²) in [5.41, 5.74) is 0.630. The van der Waals surface area contributed by atoms with Gasteiger partial charge in [0.2, 0.25) is 5.91 Å². The zero-order chi connectivity index (χ0) is 12.9. The molecule has 1 atom stereocenters. The predicted octanol–water partition coefficient (Wildman–Crippen LogP) is 2.30. The van der Waals surface area contributed by atoms with E-state index >= 15 is 0 Å². The number of halogens is 2. The fraction of sp³-hybridized carbons (Fsp3) is 0.273. The molecule has 1 aliphatic rings. The number of β-amino-alcohol motifs (C(OH)–C–C–N with tert-alkyl or cyclic N) is 1. The lowest BCUT2D eigenvalue weighted by Gasteiger charge is -2.10. The first-order chi connectivity index (χ1) is 8.54. The maximum atomic E-state index is 13.3. The van der Waals surface area contributed by atoms with E-state index in [1.54, 1.807) is 0 Å². The summed E-state index contributed by atoms with van der Waals surface area (Å²) in [6.45, 7) is 0.249. The third kappa shape index (κ3) is 1.92. The van der Waals surface area contributed by atoms with Crippen molar-refractivity contribution < 1.29 is 14.3 Å². The molecule has 94 valence electrons. The van der Waals surface area contributed by atoms with E-state index in [2.05, 4.69) is 20.9 Å². The molecule has 1 aliphatic heterocycles. The Morgan fingerprint density at radius 3 is 3.00 bits per heavy atom. The zero-order valence-corrected chi connectivity index (χ0v) is 11.5. The number of carbonyl (C=O) groups is 1. The largest absolute Gasteiger partial charge is 0.391 e. The molecule has 1 aromatic carbocycles. The summed E-state index contributed by atoms with van der Waals surface area (Å²) in [4.78, 5) is 17.4. The number of aliphatic hydroxyl groups excluding tert-OH is 1. The molecule has 3 rings (SSSR count). The number of aromatic nitrogens is 1. The molecule has 1 fully saturated rings. The van der Waals surface area contributed by atoms with Crippen molar-refractivity contribution in [3.8, 4) is 0 Å². The van der Waals surface area contributed by atoms with E-state index in [4.69, 9.17) is 0 Å². The van der Waals surface area contributed by atoms with Gasteiger partial charge in [-0.05, 0) is 28.1 Å². The highest BCUT2D eigenvalue weighted by molar-refractivity contribution is 9.10. The Balaban J connectivity index is 2.09. The van der Waals surface area contributed by atoms with Crippen molar-refractivity contribution in [1.82, 2.24) is 4.98 Å². The molecule has 1 amide bonds. The Morgan fingerprint density at radius 2 is 2.33 bits per heavy atom. The Bertz CT molecular complexity index is 645. The van der Waals surface area contributed by atoms with Crippen LogP contribution in [0.2, 0.25) is 0 Å². The smallest absolute Gasteiger partial charge is 0.231 e. The van der Waals surface area contributed by atoms with Crippen LogP contribution in [0, 0.1) is 5.82 Å². The van der Waals surface area contributed by atoms with Crippen LogP contribution >= 0.6 is 27.3 Å². The van der Waals surface area contributed by atoms with E-state index in [9.17, 15) is 14.3 Å². The second-order valence-corrected chi connectivity index (χ2v) is 5.96. The van der Waals surface area contributed by atoms with Crippen LogP contribution in [0.4, 0.5) is 9.52 Å². The van der Waals surface area contributed by atoms with Gasteiger partial charge >= 0.3 is 0 Å². The molecular formula is C11H8BrFN2O2S. The van der Waals surface area contributed by atoms with E-state index in [-0.39, 0.29) is 24.7 Å². The van der Waals surface area contributed by atoms with Crippen molar-refractivity contribution in [2.24, 2.45) is 0 Å². The second kappa shape index (κ2) is 4.25. The van der Waals surface area contributed by atoms with Gasteiger partial charge in [-0.15, -0.1) is 0 Å². The number of hydrogen-bond acceptors (Lipinski definition) is 4. The third-order valence-corrected chi connectivity index (χ3v) is 4.37. The fourth-order valence-electron chi connectivity index (χ4n) is 1.93. The zero-order valence-electron chi connectivity index (χ0n) is 9.06. The lowest BCUT2D eigenvalue weighted by Crippen LogP contribution is -2.24. The molecule has 1 N–H and O–H groups in total. The third-order valence-electron chi connectivity index (χ3n) is 2.74. The van der Waals surface area contributed by atoms with Crippen molar-refractivity contribution >= 4 is 48.5 Å². The van der Waals surface area contributed by atoms with E-state index in [1.165, 1.54) is 28.4 Å². The van der Waals surface area contributed by atoms with Crippen LogP contribution in [-0.4, -0.2) is 28.6 Å². The van der Waals surface area contributed by atoms with Crippen LogP contribution in [0.15, 0.2) is 16.6 Å². The summed E-state index contributed by atoms with van der Waals surface area (Å²) in [6, 6.07) is 2.73. The Labute approximate surface area is 114 Å². The highest BCUT2D eigenvalue weighted by Gasteiger charge is 2.31. The molecule has 7 heteroatoms. The van der Waals surface area contributed by atoms with Gasteiger partial charge in [0.05, 0.1) is 29.3 Å². The standard InChI is InChI=1S/C11H8BrFN2O2S/c12-7-1-5(13)2-8-10(7)14-11(18-8)15-4-6(16)3-9(15)17/h1-2,6,16H,3-4H2. The highest BCUT2D eigenvalue weighted by Crippen LogP contribution is 2.35. The van der Waals surface area contributed by atoms with Crippen molar-refractivity contribution in [2.75, 3.05) is 11.4 Å². The molecule has 2 heterocycles. The average Bonchev–Trinajstić information content (AvgIpc) is 2.81. The van der Waals surface area contributed by atoms with Gasteiger partial charge in [0.1, 0.15) is 5.82 Å². The topological polar surface area (TPSA) is 53.4 Å². The Kier molecular flexibility index (Phi) is 2.84. The average molecular weight is 331 g/mol. The van der Waals surface area contributed by atoms with Crippen molar-refractivity contribution in [3.63, 3.8) is 0 Å². The monoisotopic (exact) mass is 330 g/mol. The van der Waals surface area contributed by atoms with Gasteiger partial charge in [-0.2, -0.15) is 0 Å². The molecule has 1 aromatic heterocycles. The summed E-state index contributed by atoms with van der Waals surface area (Å²) in [6.07, 6.45) is -0.532. The minimum Gasteiger partial charge on any atom is -0.391 e. The number of fused-ring (bicyclic) bond motifs is 1. The lowest BCUT2D eigenvalue weighted by atomic mass is 10.3. The summed E-state index contributed by atoms with van der Waals surface area (Å²) in [5, 5.41) is 9.95. The number of aliphatic hydroxyl groups is 1. The van der Waals surface area contributed by atoms with Gasteiger partial charge in [-0.1, -0.05) is 11.3 Å². The number of carbonyl (C=O) groups excluding carboxylic acids is 1. The first kappa shape index (κ1) is 12.0. The van der Waals surface area contributed by atoms with Crippen molar-refractivity contribution in [3.05, 3.63) is 22.4 Å². The van der Waals surface area contributed by atoms with Gasteiger partial charge in [0, 0.05) is 4.47 Å². The first-order valence-corrected chi connectivity index (χ1v) is 6.89. The van der Waals surface area contributed by atoms with Crippen molar-refractivity contribution in [2.45, 2.75) is 12.5 Å². The molecule has 0 aliphatic carbocycles. The van der Waals surface area contributed by atoms with Gasteiger partial charge in [0.25, 0.3) is 0 Å². The molecule has 4 nitrogen and oxygen atoms in total. The summed E-state index contributed by atoms with van der Waals surface area (Å²) in [7, 11) is 0. The van der Waals surface area contributed by atoms with E-state index in [0.717, 1.165) is 0 Å². The first-order valence-electron chi connectivity index (χ1n) is 5.28. The van der Waals surface area contributed by atoms with Crippen LogP contribution in [0.3, 0.4) is 0 Å². The molecule has 1 unspecified atom stereocenters. The normalized spacial score (nSPS) is 20.1. The molecule has 0 bridgehead atoms. The number of anilines is 1. The lowest BCUT2D eigenvalue weighted by molar-refractivity contribution is -0.117. The number of amides is 1. The van der Waals surface area contributed by atoms with Crippen LogP contribution in [-0.2, 0) is 4.79 Å². The van der Waals surface area contributed by atoms with E-state index < -0.39 is 6.10 Å². The van der Waals surface area contributed by atoms with Gasteiger partial charge in [-0.25, -0.2) is 9.37 Å². The molecular weight excluding hydrogens is 323 g/mol. The SMILES string of the molecule is O=C1CC(O)CN1c1nc2c(Br)cc(F)cc2s1. The van der Waals surface area contributed by atoms with Crippen LogP contribution in [0.5, 0.6) is 0 Å². The van der Waals surface area contributed by atoms with Crippen LogP contribution in [0.1, 0.15) is 6.42 Å². The molecule has 0 saturated carbocycles. The number of thiazole rings is 1. The van der Waals surface area contributed by atoms with Gasteiger partial charge in [-0.3, -0.25) is 9.69 Å². The maximum absolute atomic E-state index is 13.3. The van der Waals surface area contributed by atoms with Gasteiger partial charge < -0.3 is 5.11 Å². The van der Waals surface area contributed by atoms with Crippen molar-refractivity contribution in [1.29, 1.82) is 0 Å². The summed E-state index contributed by atoms with van der Waals surface area (Å²) in [5.74, 6) is -0.504. The number of benzene rings is 1.